The zero-order valence-electron chi connectivity index (χ0n) is 12.6. The summed E-state index contributed by atoms with van der Waals surface area (Å²) in [5, 5.41) is 21.7. The number of nitrogens with one attached hydrogen (secondary N) is 1. The van der Waals surface area contributed by atoms with Crippen LogP contribution < -0.4 is 5.32 Å². The quantitative estimate of drug-likeness (QED) is 0.618. The first-order chi connectivity index (χ1) is 11.3. The van der Waals surface area contributed by atoms with E-state index in [0.717, 1.165) is 22.6 Å². The van der Waals surface area contributed by atoms with Gasteiger partial charge in [-0.1, -0.05) is 48.5 Å². The number of anilines is 1. The SMILES string of the molecule is Oc1ccccc1CNc1ccccc1N=Nc1ccccc1. The van der Waals surface area contributed by atoms with Crippen molar-refractivity contribution in [1.29, 1.82) is 0 Å². The molecule has 2 N–H and O–H groups in total. The maximum Gasteiger partial charge on any atom is 0.120 e. The summed E-state index contributed by atoms with van der Waals surface area (Å²) in [5.74, 6) is 0.281. The highest BCUT2D eigenvalue weighted by atomic mass is 16.3. The third-order valence-corrected chi connectivity index (χ3v) is 3.39. The normalized spacial score (nSPS) is 10.8. The lowest BCUT2D eigenvalue weighted by Crippen LogP contribution is -1.99. The van der Waals surface area contributed by atoms with Crippen LogP contribution in [0.4, 0.5) is 17.1 Å². The van der Waals surface area contributed by atoms with Gasteiger partial charge in [-0.05, 0) is 30.3 Å². The Morgan fingerprint density at radius 3 is 2.26 bits per heavy atom. The van der Waals surface area contributed by atoms with E-state index in [1.807, 2.05) is 66.7 Å². The molecular weight excluding hydrogens is 286 g/mol. The predicted octanol–water partition coefficient (Wildman–Crippen LogP) is 5.42. The lowest BCUT2D eigenvalue weighted by Gasteiger charge is -2.09. The Morgan fingerprint density at radius 1 is 0.739 bits per heavy atom. The molecule has 3 aromatic carbocycles. The zero-order chi connectivity index (χ0) is 15.9. The van der Waals surface area contributed by atoms with Crippen LogP contribution in [0.3, 0.4) is 0 Å². The minimum absolute atomic E-state index is 0.281. The molecule has 4 heteroatoms. The van der Waals surface area contributed by atoms with Crippen molar-refractivity contribution in [3.63, 3.8) is 0 Å². The molecule has 0 saturated heterocycles. The molecule has 0 aliphatic heterocycles. The van der Waals surface area contributed by atoms with Crippen molar-refractivity contribution in [3.8, 4) is 5.75 Å². The van der Waals surface area contributed by atoms with Crippen molar-refractivity contribution in [2.75, 3.05) is 5.32 Å². The maximum atomic E-state index is 9.83. The largest absolute Gasteiger partial charge is 0.508 e. The Bertz CT molecular complexity index is 800. The standard InChI is InChI=1S/C19H17N3O/c23-19-13-7-4-8-15(19)14-20-17-11-5-6-12-18(17)22-21-16-9-2-1-3-10-16/h1-13,20,23H,14H2. The van der Waals surface area contributed by atoms with Crippen molar-refractivity contribution in [3.05, 3.63) is 84.4 Å². The van der Waals surface area contributed by atoms with E-state index in [0.29, 0.717) is 6.54 Å². The maximum absolute atomic E-state index is 9.83. The van der Waals surface area contributed by atoms with Crippen LogP contribution in [-0.2, 0) is 6.54 Å². The molecular formula is C19H17N3O. The predicted molar refractivity (Wildman–Crippen MR) is 92.5 cm³/mol. The van der Waals surface area contributed by atoms with Gasteiger partial charge in [0.2, 0.25) is 0 Å². The van der Waals surface area contributed by atoms with Gasteiger partial charge in [0.25, 0.3) is 0 Å². The molecule has 23 heavy (non-hydrogen) atoms. The summed E-state index contributed by atoms with van der Waals surface area (Å²) in [5.41, 5.74) is 3.27. The summed E-state index contributed by atoms with van der Waals surface area (Å²) in [7, 11) is 0. The molecule has 0 aliphatic carbocycles. The highest BCUT2D eigenvalue weighted by molar-refractivity contribution is 5.65. The summed E-state index contributed by atoms with van der Waals surface area (Å²) < 4.78 is 0. The first kappa shape index (κ1) is 14.8. The Morgan fingerprint density at radius 2 is 1.43 bits per heavy atom. The second-order valence-corrected chi connectivity index (χ2v) is 5.03. The number of rotatable bonds is 5. The van der Waals surface area contributed by atoms with Gasteiger partial charge in [0.15, 0.2) is 0 Å². The number of aromatic hydroxyl groups is 1. The van der Waals surface area contributed by atoms with Crippen molar-refractivity contribution in [2.24, 2.45) is 10.2 Å². The highest BCUT2D eigenvalue weighted by Gasteiger charge is 2.03. The highest BCUT2D eigenvalue weighted by Crippen LogP contribution is 2.27. The van der Waals surface area contributed by atoms with Gasteiger partial charge >= 0.3 is 0 Å². The van der Waals surface area contributed by atoms with Crippen LogP contribution in [0, 0.1) is 0 Å². The van der Waals surface area contributed by atoms with Crippen molar-refractivity contribution >= 4 is 17.1 Å². The molecule has 0 fully saturated rings. The van der Waals surface area contributed by atoms with E-state index in [1.54, 1.807) is 12.1 Å². The molecule has 114 valence electrons. The number of hydrogen-bond acceptors (Lipinski definition) is 4. The van der Waals surface area contributed by atoms with Crippen LogP contribution in [0.1, 0.15) is 5.56 Å². The van der Waals surface area contributed by atoms with Crippen LogP contribution in [0.25, 0.3) is 0 Å². The minimum atomic E-state index is 0.281. The number of azo groups is 1. The summed E-state index contributed by atoms with van der Waals surface area (Å²) in [6.45, 7) is 0.518. The molecule has 0 spiro atoms. The van der Waals surface area contributed by atoms with Crippen LogP contribution in [0.2, 0.25) is 0 Å². The Labute approximate surface area is 135 Å². The van der Waals surface area contributed by atoms with Gasteiger partial charge in [-0.15, -0.1) is 5.11 Å². The molecule has 3 rings (SSSR count). The number of benzene rings is 3. The Hall–Kier alpha value is -3.14. The Balaban J connectivity index is 1.76. The monoisotopic (exact) mass is 303 g/mol. The number of phenolic OH excluding ortho intramolecular Hbond substituents is 1. The lowest BCUT2D eigenvalue weighted by molar-refractivity contribution is 0.469. The van der Waals surface area contributed by atoms with E-state index in [4.69, 9.17) is 0 Å². The third-order valence-electron chi connectivity index (χ3n) is 3.39. The smallest absolute Gasteiger partial charge is 0.120 e. The second-order valence-electron chi connectivity index (χ2n) is 5.03. The fourth-order valence-electron chi connectivity index (χ4n) is 2.17. The molecule has 4 nitrogen and oxygen atoms in total. The fourth-order valence-corrected chi connectivity index (χ4v) is 2.17. The summed E-state index contributed by atoms with van der Waals surface area (Å²) in [6.07, 6.45) is 0. The summed E-state index contributed by atoms with van der Waals surface area (Å²) in [6, 6.07) is 24.6. The van der Waals surface area contributed by atoms with E-state index in [9.17, 15) is 5.11 Å². The van der Waals surface area contributed by atoms with E-state index >= 15 is 0 Å². The van der Waals surface area contributed by atoms with Gasteiger partial charge in [-0.2, -0.15) is 5.11 Å². The first-order valence-electron chi connectivity index (χ1n) is 7.39. The molecule has 0 radical (unpaired) electrons. The van der Waals surface area contributed by atoms with Crippen molar-refractivity contribution in [2.45, 2.75) is 6.54 Å². The van der Waals surface area contributed by atoms with Gasteiger partial charge in [0.05, 0.1) is 11.4 Å². The topological polar surface area (TPSA) is 57.0 Å². The molecule has 0 saturated carbocycles. The lowest BCUT2D eigenvalue weighted by atomic mass is 10.2. The summed E-state index contributed by atoms with van der Waals surface area (Å²) >= 11 is 0. The van der Waals surface area contributed by atoms with Gasteiger partial charge in [0, 0.05) is 12.1 Å². The number of nitrogens with zero attached hydrogens (tertiary/aromatic N) is 2. The van der Waals surface area contributed by atoms with Gasteiger partial charge in [-0.3, -0.25) is 0 Å². The van der Waals surface area contributed by atoms with E-state index in [-0.39, 0.29) is 5.75 Å². The average molecular weight is 303 g/mol. The van der Waals surface area contributed by atoms with Gasteiger partial charge < -0.3 is 10.4 Å². The third kappa shape index (κ3) is 3.95. The molecule has 0 amide bonds. The van der Waals surface area contributed by atoms with Gasteiger partial charge in [-0.25, -0.2) is 0 Å². The second kappa shape index (κ2) is 7.22. The number of hydrogen-bond donors (Lipinski definition) is 2. The van der Waals surface area contributed by atoms with Crippen molar-refractivity contribution < 1.29 is 5.11 Å². The van der Waals surface area contributed by atoms with Crippen LogP contribution >= 0.6 is 0 Å². The number of phenols is 1. The molecule has 0 unspecified atom stereocenters. The molecule has 0 atom stereocenters. The van der Waals surface area contributed by atoms with Crippen LogP contribution in [-0.4, -0.2) is 5.11 Å². The van der Waals surface area contributed by atoms with E-state index < -0.39 is 0 Å². The molecule has 0 aliphatic rings. The van der Waals surface area contributed by atoms with Gasteiger partial charge in [0.1, 0.15) is 11.4 Å². The minimum Gasteiger partial charge on any atom is -0.508 e. The van der Waals surface area contributed by atoms with E-state index in [1.165, 1.54) is 0 Å². The van der Waals surface area contributed by atoms with Crippen LogP contribution in [0.5, 0.6) is 5.75 Å². The van der Waals surface area contributed by atoms with Crippen molar-refractivity contribution in [1.82, 2.24) is 0 Å². The number of para-hydroxylation sites is 2. The average Bonchev–Trinajstić information content (AvgIpc) is 2.61. The molecule has 3 aromatic rings. The molecule has 0 aromatic heterocycles. The summed E-state index contributed by atoms with van der Waals surface area (Å²) in [4.78, 5) is 0. The molecule has 0 bridgehead atoms. The van der Waals surface area contributed by atoms with E-state index in [2.05, 4.69) is 15.5 Å². The molecule has 0 heterocycles. The fraction of sp³-hybridized carbons (Fsp3) is 0.0526. The first-order valence-corrected chi connectivity index (χ1v) is 7.39. The van der Waals surface area contributed by atoms with Crippen LogP contribution in [0.15, 0.2) is 89.1 Å². The Kier molecular flexibility index (Phi) is 4.64. The zero-order valence-corrected chi connectivity index (χ0v) is 12.6.